The normalized spacial score (nSPS) is 11.7. The number of aryl methyl sites for hydroxylation is 3. The van der Waals surface area contributed by atoms with E-state index in [4.69, 9.17) is 53.8 Å². The molecule has 0 saturated heterocycles. The highest BCUT2D eigenvalue weighted by atomic mass is 35.5. The van der Waals surface area contributed by atoms with E-state index in [1.165, 1.54) is 0 Å². The molecule has 0 fully saturated rings. The highest BCUT2D eigenvalue weighted by Gasteiger charge is 2.19. The number of amidine groups is 2. The van der Waals surface area contributed by atoms with E-state index in [0.29, 0.717) is 50.5 Å². The van der Waals surface area contributed by atoms with Gasteiger partial charge in [-0.25, -0.2) is 9.97 Å². The molecular weight excluding hydrogens is 830 g/mol. The summed E-state index contributed by atoms with van der Waals surface area (Å²) in [7, 11) is 0. The Hall–Kier alpha value is -6.53. The number of aromatic nitrogens is 4. The van der Waals surface area contributed by atoms with E-state index in [-0.39, 0.29) is 5.84 Å². The van der Waals surface area contributed by atoms with Crippen LogP contribution in [0, 0.1) is 12.3 Å². The molecule has 0 aliphatic heterocycles. The summed E-state index contributed by atoms with van der Waals surface area (Å²) in [5.41, 5.74) is 24.8. The number of nitrogens with two attached hydrogens (primary N) is 3. The Labute approximate surface area is 387 Å². The summed E-state index contributed by atoms with van der Waals surface area (Å²) in [5.74, 6) is 7.90. The maximum Gasteiger partial charge on any atom is 0.153 e. The van der Waals surface area contributed by atoms with Crippen molar-refractivity contribution in [3.05, 3.63) is 189 Å². The van der Waals surface area contributed by atoms with E-state index in [9.17, 15) is 0 Å². The fourth-order valence-corrected chi connectivity index (χ4v) is 8.46. The molecule has 2 aromatic heterocycles. The quantitative estimate of drug-likeness (QED) is 0.0227. The van der Waals surface area contributed by atoms with Gasteiger partial charge in [-0.2, -0.15) is 5.10 Å². The summed E-state index contributed by atoms with van der Waals surface area (Å²) < 4.78 is 17.3. The summed E-state index contributed by atoms with van der Waals surface area (Å²) in [4.78, 5) is 9.82. The average Bonchev–Trinajstić information content (AvgIpc) is 3.79. The number of unbranched alkanes of at least 4 members (excludes halogenated alkanes) is 2. The van der Waals surface area contributed by atoms with E-state index in [0.717, 1.165) is 123 Å². The number of nitrogens with one attached hydrogen (secondary N) is 1. The Kier molecular flexibility index (Phi) is 16.0. The van der Waals surface area contributed by atoms with Gasteiger partial charge in [0.2, 0.25) is 0 Å². The first-order chi connectivity index (χ1) is 31.7. The monoisotopic (exact) mass is 889 g/mol. The van der Waals surface area contributed by atoms with Crippen LogP contribution in [0.15, 0.2) is 126 Å². The lowest BCUT2D eigenvalue weighted by atomic mass is 9.98. The zero-order chi connectivity index (χ0) is 45.7. The van der Waals surface area contributed by atoms with Gasteiger partial charge < -0.3 is 35.9 Å². The molecule has 11 nitrogen and oxygen atoms in total. The predicted molar refractivity (Wildman–Crippen MR) is 263 cm³/mol. The topological polar surface area (TPSA) is 168 Å². The number of halogens is 1. The van der Waals surface area contributed by atoms with Crippen LogP contribution in [0.4, 0.5) is 0 Å². The molecule has 65 heavy (non-hydrogen) atoms. The van der Waals surface area contributed by atoms with Crippen molar-refractivity contribution in [1.29, 1.82) is 5.41 Å². The molecule has 7 N–H and O–H groups in total. The molecule has 2 heterocycles. The molecular formula is C53H60ClN9O2. The molecule has 0 aliphatic carbocycles. The summed E-state index contributed by atoms with van der Waals surface area (Å²) in [6.45, 7) is 9.37. The van der Waals surface area contributed by atoms with Crippen LogP contribution in [-0.2, 0) is 61.8 Å². The maximum atomic E-state index is 8.03. The van der Waals surface area contributed by atoms with Gasteiger partial charge in [-0.3, -0.25) is 5.41 Å². The highest BCUT2D eigenvalue weighted by Crippen LogP contribution is 2.28. The highest BCUT2D eigenvalue weighted by molar-refractivity contribution is 6.30. The minimum Gasteiger partial charge on any atom is -0.384 e. The average molecular weight is 891 g/mol. The SMILES string of the molecule is CCCCc1nc(C)c(COCc2cccc(COCc3c(Cl)nc(CCCC)n3Cc3ccc(-c4ccccc4/C(N)=N/N)cc3)c2)n1Cc1ccc(-c2ccccc2C(=N)N)cc1. The Balaban J connectivity index is 0.994. The molecule has 0 bridgehead atoms. The maximum absolute atomic E-state index is 8.03. The van der Waals surface area contributed by atoms with Crippen LogP contribution < -0.4 is 17.3 Å². The minimum absolute atomic E-state index is 0.0612. The molecule has 0 amide bonds. The van der Waals surface area contributed by atoms with Crippen molar-refractivity contribution >= 4 is 23.3 Å². The number of hydrogen-bond acceptors (Lipinski definition) is 7. The summed E-state index contributed by atoms with van der Waals surface area (Å²) in [6, 6.07) is 40.9. The Morgan fingerprint density at radius 3 is 1.65 bits per heavy atom. The first kappa shape index (κ1) is 46.5. The molecule has 0 radical (unpaired) electrons. The number of nitrogens with zero attached hydrogens (tertiary/aromatic N) is 5. The molecule has 0 unspecified atom stereocenters. The third-order valence-corrected chi connectivity index (χ3v) is 12.0. The van der Waals surface area contributed by atoms with Gasteiger partial charge in [0, 0.05) is 37.1 Å². The van der Waals surface area contributed by atoms with E-state index >= 15 is 0 Å². The van der Waals surface area contributed by atoms with Crippen molar-refractivity contribution in [1.82, 2.24) is 19.1 Å². The Morgan fingerprint density at radius 1 is 0.615 bits per heavy atom. The predicted octanol–water partition coefficient (Wildman–Crippen LogP) is 10.5. The van der Waals surface area contributed by atoms with Crippen LogP contribution in [0.25, 0.3) is 22.3 Å². The van der Waals surface area contributed by atoms with Gasteiger partial charge in [0.15, 0.2) is 11.0 Å². The number of benzene rings is 5. The summed E-state index contributed by atoms with van der Waals surface area (Å²) in [5, 5.41) is 12.2. The molecule has 5 aromatic carbocycles. The van der Waals surface area contributed by atoms with Crippen molar-refractivity contribution in [3.63, 3.8) is 0 Å². The molecule has 7 rings (SSSR count). The van der Waals surface area contributed by atoms with Crippen LogP contribution >= 0.6 is 11.6 Å². The molecule has 0 aliphatic rings. The van der Waals surface area contributed by atoms with E-state index < -0.39 is 0 Å². The van der Waals surface area contributed by atoms with Crippen molar-refractivity contribution in [2.45, 2.75) is 98.8 Å². The van der Waals surface area contributed by atoms with Crippen LogP contribution in [0.3, 0.4) is 0 Å². The lowest BCUT2D eigenvalue weighted by molar-refractivity contribution is 0.0982. The Bertz CT molecular complexity index is 2720. The van der Waals surface area contributed by atoms with Gasteiger partial charge in [-0.1, -0.05) is 160 Å². The molecule has 0 saturated carbocycles. The number of nitrogen functional groups attached to an aromatic ring is 1. The number of ether oxygens (including phenoxy) is 2. The van der Waals surface area contributed by atoms with Gasteiger partial charge in [0.05, 0.1) is 43.5 Å². The molecule has 12 heteroatoms. The van der Waals surface area contributed by atoms with Gasteiger partial charge in [-0.05, 0) is 64.3 Å². The minimum atomic E-state index is 0.0612. The van der Waals surface area contributed by atoms with E-state index in [1.54, 1.807) is 0 Å². The standard InChI is InChI=1S/C53H60ClN9O2/c1-4-6-19-49-59-36(3)47(62(49)30-37-21-25-41(26-22-37)43-15-8-10-17-45(43)52(55)56)34-64-32-39-13-12-14-40(29-39)33-65-35-48-51(54)60-50(20-7-5-2)63(48)31-38-23-27-42(28-24-38)44-16-9-11-18-46(44)53(57)61-58/h8-18,21-29H,4-7,19-20,30-35,58H2,1-3H3,(H3,55,56)(H2,57,61). The second kappa shape index (κ2) is 22.4. The van der Waals surface area contributed by atoms with Gasteiger partial charge in [0.1, 0.15) is 17.5 Å². The van der Waals surface area contributed by atoms with Crippen molar-refractivity contribution in [2.75, 3.05) is 0 Å². The second-order valence-corrected chi connectivity index (χ2v) is 16.8. The van der Waals surface area contributed by atoms with Crippen molar-refractivity contribution in [3.8, 4) is 22.3 Å². The number of imidazole rings is 2. The van der Waals surface area contributed by atoms with Gasteiger partial charge in [-0.15, -0.1) is 0 Å². The fraction of sp³-hybridized carbons (Fsp3) is 0.283. The lowest BCUT2D eigenvalue weighted by Crippen LogP contribution is -2.16. The molecule has 7 aromatic rings. The van der Waals surface area contributed by atoms with Crippen LogP contribution in [0.5, 0.6) is 0 Å². The Morgan fingerprint density at radius 2 is 1.11 bits per heavy atom. The van der Waals surface area contributed by atoms with Crippen LogP contribution in [-0.4, -0.2) is 30.8 Å². The zero-order valence-corrected chi connectivity index (χ0v) is 38.5. The third-order valence-electron chi connectivity index (χ3n) is 11.7. The van der Waals surface area contributed by atoms with E-state index in [1.807, 2.05) is 54.6 Å². The second-order valence-electron chi connectivity index (χ2n) is 16.4. The summed E-state index contributed by atoms with van der Waals surface area (Å²) in [6.07, 6.45) is 5.95. The number of rotatable bonds is 22. The number of hydrogen-bond donors (Lipinski definition) is 4. The van der Waals surface area contributed by atoms with Crippen molar-refractivity contribution in [2.24, 2.45) is 22.4 Å². The van der Waals surface area contributed by atoms with Gasteiger partial charge in [0.25, 0.3) is 0 Å². The fourth-order valence-electron chi connectivity index (χ4n) is 8.20. The lowest BCUT2D eigenvalue weighted by Gasteiger charge is -2.15. The first-order valence-electron chi connectivity index (χ1n) is 22.4. The van der Waals surface area contributed by atoms with Crippen LogP contribution in [0.2, 0.25) is 5.15 Å². The summed E-state index contributed by atoms with van der Waals surface area (Å²) >= 11 is 6.84. The first-order valence-corrected chi connectivity index (χ1v) is 22.8. The largest absolute Gasteiger partial charge is 0.384 e. The van der Waals surface area contributed by atoms with Crippen molar-refractivity contribution < 1.29 is 9.47 Å². The molecule has 0 spiro atoms. The van der Waals surface area contributed by atoms with Crippen LogP contribution in [0.1, 0.15) is 102 Å². The number of hydrazone groups is 1. The zero-order valence-electron chi connectivity index (χ0n) is 37.7. The van der Waals surface area contributed by atoms with E-state index in [2.05, 4.69) is 102 Å². The smallest absolute Gasteiger partial charge is 0.153 e. The van der Waals surface area contributed by atoms with Gasteiger partial charge >= 0.3 is 0 Å². The molecule has 0 atom stereocenters. The molecule has 336 valence electrons. The third kappa shape index (κ3) is 11.6.